The van der Waals surface area contributed by atoms with Crippen LogP contribution in [0.3, 0.4) is 0 Å². The van der Waals surface area contributed by atoms with Gasteiger partial charge in [-0.05, 0) is 37.6 Å². The summed E-state index contributed by atoms with van der Waals surface area (Å²) >= 11 is 0. The number of nitrogens with zero attached hydrogens (tertiary/aromatic N) is 2. The highest BCUT2D eigenvalue weighted by molar-refractivity contribution is 5.94. The minimum absolute atomic E-state index is 0. The van der Waals surface area contributed by atoms with E-state index >= 15 is 0 Å². The molecular weight excluding hydrogens is 435 g/mol. The molecule has 31 heavy (non-hydrogen) atoms. The highest BCUT2D eigenvalue weighted by Gasteiger charge is 2.29. The summed E-state index contributed by atoms with van der Waals surface area (Å²) in [6.07, 6.45) is 1.61. The fourth-order valence-corrected chi connectivity index (χ4v) is 3.99. The number of benzene rings is 2. The maximum Gasteiger partial charge on any atom is 0.341 e. The number of aromatic carboxylic acids is 1. The molecule has 0 amide bonds. The second kappa shape index (κ2) is 8.24. The molecule has 6 nitrogen and oxygen atoms in total. The quantitative estimate of drug-likeness (QED) is 0.634. The molecule has 1 aromatic heterocycles. The van der Waals surface area contributed by atoms with Gasteiger partial charge in [0, 0.05) is 36.3 Å². The van der Waals surface area contributed by atoms with E-state index in [1.807, 2.05) is 6.92 Å². The molecule has 4 rings (SSSR count). The zero-order valence-corrected chi connectivity index (χ0v) is 17.1. The number of hydrogen-bond donors (Lipinski definition) is 2. The zero-order chi connectivity index (χ0) is 21.7. The molecule has 1 aliphatic heterocycles. The number of nitrogens with two attached hydrogens (primary N) is 1. The van der Waals surface area contributed by atoms with Crippen molar-refractivity contribution in [1.29, 1.82) is 0 Å². The van der Waals surface area contributed by atoms with Gasteiger partial charge in [-0.2, -0.15) is 0 Å². The topological polar surface area (TPSA) is 88.6 Å². The summed E-state index contributed by atoms with van der Waals surface area (Å²) in [4.78, 5) is 25.9. The SMILES string of the molecule is C[C@H]1C[C@H](N)CN1c1cc2c(cc1F)c(=O)c(C(=O)O)cn2-c1ccc(F)cc1F.Cl. The van der Waals surface area contributed by atoms with Crippen molar-refractivity contribution in [2.75, 3.05) is 11.4 Å². The Morgan fingerprint density at radius 1 is 1.13 bits per heavy atom. The summed E-state index contributed by atoms with van der Waals surface area (Å²) in [5, 5.41) is 9.16. The van der Waals surface area contributed by atoms with Crippen LogP contribution >= 0.6 is 12.4 Å². The molecule has 0 saturated carbocycles. The Balaban J connectivity index is 0.00000272. The minimum atomic E-state index is -1.54. The van der Waals surface area contributed by atoms with Crippen LogP contribution in [0.5, 0.6) is 0 Å². The maximum atomic E-state index is 14.9. The van der Waals surface area contributed by atoms with E-state index in [4.69, 9.17) is 5.73 Å². The van der Waals surface area contributed by atoms with Crippen molar-refractivity contribution in [3.8, 4) is 5.69 Å². The number of carboxylic acids is 1. The molecule has 1 fully saturated rings. The zero-order valence-electron chi connectivity index (χ0n) is 16.3. The predicted molar refractivity (Wildman–Crippen MR) is 113 cm³/mol. The monoisotopic (exact) mass is 453 g/mol. The van der Waals surface area contributed by atoms with E-state index in [0.29, 0.717) is 19.0 Å². The van der Waals surface area contributed by atoms with Gasteiger partial charge in [-0.15, -0.1) is 12.4 Å². The van der Waals surface area contributed by atoms with Crippen LogP contribution in [0.2, 0.25) is 0 Å². The first-order valence-corrected chi connectivity index (χ1v) is 9.27. The summed E-state index contributed by atoms with van der Waals surface area (Å²) < 4.78 is 44.0. The number of pyridine rings is 1. The molecule has 2 heterocycles. The van der Waals surface area contributed by atoms with Crippen LogP contribution in [0, 0.1) is 17.5 Å². The van der Waals surface area contributed by atoms with Crippen molar-refractivity contribution in [3.05, 3.63) is 69.8 Å². The van der Waals surface area contributed by atoms with Crippen LogP contribution in [-0.2, 0) is 0 Å². The Bertz CT molecular complexity index is 1250. The number of fused-ring (bicyclic) bond motifs is 1. The largest absolute Gasteiger partial charge is 0.477 e. The molecule has 1 saturated heterocycles. The average molecular weight is 454 g/mol. The number of rotatable bonds is 3. The first-order chi connectivity index (χ1) is 14.2. The lowest BCUT2D eigenvalue weighted by Crippen LogP contribution is -2.30. The third-order valence-electron chi connectivity index (χ3n) is 5.39. The maximum absolute atomic E-state index is 14.9. The van der Waals surface area contributed by atoms with E-state index in [1.54, 1.807) is 4.90 Å². The Kier molecular flexibility index (Phi) is 6.02. The Labute approximate surface area is 181 Å². The van der Waals surface area contributed by atoms with Crippen LogP contribution < -0.4 is 16.1 Å². The lowest BCUT2D eigenvalue weighted by Gasteiger charge is -2.25. The molecule has 164 valence electrons. The highest BCUT2D eigenvalue weighted by atomic mass is 35.5. The number of carboxylic acid groups (broad SMARTS) is 1. The van der Waals surface area contributed by atoms with E-state index in [9.17, 15) is 27.9 Å². The van der Waals surface area contributed by atoms with Gasteiger partial charge in [0.05, 0.1) is 16.9 Å². The van der Waals surface area contributed by atoms with Crippen LogP contribution in [-0.4, -0.2) is 34.3 Å². The summed E-state index contributed by atoms with van der Waals surface area (Å²) in [5.41, 5.74) is 4.52. The van der Waals surface area contributed by atoms with Crippen LogP contribution in [0.1, 0.15) is 23.7 Å². The number of aromatic nitrogens is 1. The summed E-state index contributed by atoms with van der Waals surface area (Å²) in [6.45, 7) is 2.28. The lowest BCUT2D eigenvalue weighted by atomic mass is 10.1. The highest BCUT2D eigenvalue weighted by Crippen LogP contribution is 2.32. The van der Waals surface area contributed by atoms with Crippen molar-refractivity contribution in [2.24, 2.45) is 5.73 Å². The standard InChI is InChI=1S/C21H18F3N3O3.ClH/c1-10-4-12(25)8-26(10)19-7-18-13(6-16(19)24)20(28)14(21(29)30)9-27(18)17-3-2-11(22)5-15(17)23;/h2-3,5-7,9-10,12H,4,8,25H2,1H3,(H,29,30);1H/t10-,12-;/m0./s1. The number of carbonyl (C=O) groups is 1. The molecule has 10 heteroatoms. The summed E-state index contributed by atoms with van der Waals surface area (Å²) in [5.74, 6) is -4.03. The number of anilines is 1. The third kappa shape index (κ3) is 3.86. The average Bonchev–Trinajstić information content (AvgIpc) is 3.00. The van der Waals surface area contributed by atoms with Gasteiger partial charge in [0.1, 0.15) is 23.0 Å². The van der Waals surface area contributed by atoms with Crippen LogP contribution in [0.15, 0.2) is 41.3 Å². The van der Waals surface area contributed by atoms with Crippen molar-refractivity contribution in [1.82, 2.24) is 4.57 Å². The van der Waals surface area contributed by atoms with E-state index in [-0.39, 0.29) is 46.8 Å². The molecular formula is C21H19ClF3N3O3. The molecule has 0 spiro atoms. The van der Waals surface area contributed by atoms with E-state index in [1.165, 1.54) is 6.07 Å². The smallest absolute Gasteiger partial charge is 0.341 e. The molecule has 0 aliphatic carbocycles. The van der Waals surface area contributed by atoms with Crippen molar-refractivity contribution in [2.45, 2.75) is 25.4 Å². The normalized spacial score (nSPS) is 18.3. The fourth-order valence-electron chi connectivity index (χ4n) is 3.99. The lowest BCUT2D eigenvalue weighted by molar-refractivity contribution is 0.0695. The molecule has 0 unspecified atom stereocenters. The Hall–Kier alpha value is -3.04. The predicted octanol–water partition coefficient (Wildman–Crippen LogP) is 3.45. The van der Waals surface area contributed by atoms with Crippen molar-refractivity contribution in [3.63, 3.8) is 0 Å². The molecule has 1 aliphatic rings. The molecule has 3 N–H and O–H groups in total. The van der Waals surface area contributed by atoms with E-state index in [0.717, 1.165) is 29.0 Å². The van der Waals surface area contributed by atoms with Gasteiger partial charge in [0.15, 0.2) is 0 Å². The fraction of sp³-hybridized carbons (Fsp3) is 0.238. The second-order valence-corrected chi connectivity index (χ2v) is 7.46. The molecule has 0 radical (unpaired) electrons. The van der Waals surface area contributed by atoms with Crippen LogP contribution in [0.4, 0.5) is 18.9 Å². The Morgan fingerprint density at radius 2 is 1.81 bits per heavy atom. The molecule has 2 aromatic carbocycles. The summed E-state index contributed by atoms with van der Waals surface area (Å²) in [7, 11) is 0. The first-order valence-electron chi connectivity index (χ1n) is 9.27. The van der Waals surface area contributed by atoms with E-state index in [2.05, 4.69) is 0 Å². The van der Waals surface area contributed by atoms with E-state index < -0.39 is 34.4 Å². The van der Waals surface area contributed by atoms with Crippen LogP contribution in [0.25, 0.3) is 16.6 Å². The Morgan fingerprint density at radius 3 is 2.39 bits per heavy atom. The molecule has 3 aromatic rings. The van der Waals surface area contributed by atoms with Crippen molar-refractivity contribution >= 4 is 35.0 Å². The molecule has 2 atom stereocenters. The van der Waals surface area contributed by atoms with Gasteiger partial charge in [-0.3, -0.25) is 4.79 Å². The van der Waals surface area contributed by atoms with Gasteiger partial charge < -0.3 is 20.3 Å². The van der Waals surface area contributed by atoms with Gasteiger partial charge in [0.25, 0.3) is 0 Å². The number of hydrogen-bond acceptors (Lipinski definition) is 4. The minimum Gasteiger partial charge on any atom is -0.477 e. The summed E-state index contributed by atoms with van der Waals surface area (Å²) in [6, 6.07) is 4.88. The van der Waals surface area contributed by atoms with Crippen molar-refractivity contribution < 1.29 is 23.1 Å². The molecule has 0 bridgehead atoms. The second-order valence-electron chi connectivity index (χ2n) is 7.46. The third-order valence-corrected chi connectivity index (χ3v) is 5.39. The number of halogens is 4. The van der Waals surface area contributed by atoms with Gasteiger partial charge in [0.2, 0.25) is 5.43 Å². The van der Waals surface area contributed by atoms with Gasteiger partial charge in [-0.25, -0.2) is 18.0 Å². The first kappa shape index (κ1) is 22.6. The van der Waals surface area contributed by atoms with Gasteiger partial charge in [-0.1, -0.05) is 0 Å². The van der Waals surface area contributed by atoms with Gasteiger partial charge >= 0.3 is 5.97 Å².